The smallest absolute Gasteiger partial charge is 0.326 e. The van der Waals surface area contributed by atoms with E-state index in [0.29, 0.717) is 32.1 Å². The van der Waals surface area contributed by atoms with Gasteiger partial charge in [0.15, 0.2) is 0 Å². The molecular formula is C25H25FN4O5S. The molecule has 2 N–H and O–H groups in total. The SMILES string of the molecule is CO[C@H]1CN(C(=O)c2cc3nccc(Oc4ccc5c(c4)cc(C)n5C(=O)NCCO)c3s2)CC1F. The summed E-state index contributed by atoms with van der Waals surface area (Å²) >= 11 is 1.25. The molecule has 1 aliphatic rings. The Morgan fingerprint density at radius 1 is 1.25 bits per heavy atom. The monoisotopic (exact) mass is 512 g/mol. The van der Waals surface area contributed by atoms with Crippen molar-refractivity contribution in [2.75, 3.05) is 33.4 Å². The van der Waals surface area contributed by atoms with E-state index >= 15 is 0 Å². The molecular weight excluding hydrogens is 487 g/mol. The average Bonchev–Trinajstić information content (AvgIpc) is 3.56. The van der Waals surface area contributed by atoms with Crippen LogP contribution in [-0.2, 0) is 4.74 Å². The van der Waals surface area contributed by atoms with Crippen molar-refractivity contribution in [1.29, 1.82) is 0 Å². The number of rotatable bonds is 6. The van der Waals surface area contributed by atoms with Crippen molar-refractivity contribution >= 4 is 44.4 Å². The van der Waals surface area contributed by atoms with Crippen LogP contribution >= 0.6 is 11.3 Å². The van der Waals surface area contributed by atoms with Crippen molar-refractivity contribution in [2.24, 2.45) is 0 Å². The fourth-order valence-corrected chi connectivity index (χ4v) is 5.45. The van der Waals surface area contributed by atoms with E-state index in [0.717, 1.165) is 11.1 Å². The number of aryl methyl sites for hydroxylation is 1. The zero-order valence-corrected chi connectivity index (χ0v) is 20.5. The fraction of sp³-hybridized carbons (Fsp3) is 0.320. The Hall–Kier alpha value is -3.54. The molecule has 1 unspecified atom stereocenters. The van der Waals surface area contributed by atoms with Crippen molar-refractivity contribution in [3.05, 3.63) is 53.2 Å². The Balaban J connectivity index is 1.40. The van der Waals surface area contributed by atoms with Crippen LogP contribution in [0, 0.1) is 6.92 Å². The van der Waals surface area contributed by atoms with E-state index in [9.17, 15) is 14.0 Å². The number of fused-ring (bicyclic) bond motifs is 2. The molecule has 5 rings (SSSR count). The number of amides is 2. The zero-order chi connectivity index (χ0) is 25.4. The summed E-state index contributed by atoms with van der Waals surface area (Å²) in [5.74, 6) is 0.843. The van der Waals surface area contributed by atoms with Gasteiger partial charge in [-0.2, -0.15) is 0 Å². The highest BCUT2D eigenvalue weighted by molar-refractivity contribution is 7.21. The molecule has 9 nitrogen and oxygen atoms in total. The number of thiophene rings is 1. The summed E-state index contributed by atoms with van der Waals surface area (Å²) in [4.78, 5) is 31.7. The highest BCUT2D eigenvalue weighted by Gasteiger charge is 2.36. The predicted octanol–water partition coefficient (Wildman–Crippen LogP) is 3.71. The number of carbonyl (C=O) groups is 2. The topological polar surface area (TPSA) is 106 Å². The van der Waals surface area contributed by atoms with Gasteiger partial charge in [-0.25, -0.2) is 9.18 Å². The van der Waals surface area contributed by atoms with Crippen molar-refractivity contribution in [3.8, 4) is 11.5 Å². The molecule has 0 aliphatic carbocycles. The Labute approximate surface area is 210 Å². The standard InChI is InChI=1S/C25H25FN4O5S/c1-14-9-15-10-16(3-4-19(15)30(14)25(33)28-7-8-31)35-20-5-6-27-18-11-22(36-23(18)20)24(32)29-12-17(26)21(13-29)34-2/h3-6,9-11,17,21,31H,7-8,12-13H2,1-2H3,(H,28,33)/t17?,21-/m0/s1. The number of halogens is 1. The molecule has 0 bridgehead atoms. The van der Waals surface area contributed by atoms with Crippen LogP contribution in [0.5, 0.6) is 11.5 Å². The first kappa shape index (κ1) is 24.2. The molecule has 0 radical (unpaired) electrons. The summed E-state index contributed by atoms with van der Waals surface area (Å²) in [7, 11) is 1.44. The number of pyridine rings is 1. The number of likely N-dealkylation sites (tertiary alicyclic amines) is 1. The molecule has 188 valence electrons. The number of hydrogen-bond acceptors (Lipinski definition) is 7. The number of hydrogen-bond donors (Lipinski definition) is 2. The lowest BCUT2D eigenvalue weighted by Crippen LogP contribution is -2.31. The number of aliphatic hydroxyl groups excluding tert-OH is 1. The molecule has 3 aromatic heterocycles. The molecule has 0 spiro atoms. The van der Waals surface area contributed by atoms with Crippen LogP contribution in [0.3, 0.4) is 0 Å². The van der Waals surface area contributed by atoms with E-state index in [1.807, 2.05) is 19.1 Å². The third kappa shape index (κ3) is 4.41. The van der Waals surface area contributed by atoms with Crippen LogP contribution in [-0.4, -0.2) is 77.1 Å². The highest BCUT2D eigenvalue weighted by Crippen LogP contribution is 2.37. The molecule has 0 saturated carbocycles. The minimum atomic E-state index is -1.21. The van der Waals surface area contributed by atoms with E-state index in [-0.39, 0.29) is 38.2 Å². The van der Waals surface area contributed by atoms with Gasteiger partial charge in [0.2, 0.25) is 0 Å². The van der Waals surface area contributed by atoms with E-state index in [1.54, 1.807) is 35.0 Å². The van der Waals surface area contributed by atoms with Crippen LogP contribution in [0.4, 0.5) is 9.18 Å². The van der Waals surface area contributed by atoms with E-state index in [4.69, 9.17) is 14.6 Å². The number of alkyl halides is 1. The largest absolute Gasteiger partial charge is 0.456 e. The van der Waals surface area contributed by atoms with Gasteiger partial charge >= 0.3 is 6.03 Å². The molecule has 4 heterocycles. The first-order valence-electron chi connectivity index (χ1n) is 11.4. The number of nitrogens with one attached hydrogen (secondary N) is 1. The van der Waals surface area contributed by atoms with E-state index < -0.39 is 12.3 Å². The number of methoxy groups -OCH3 is 1. The van der Waals surface area contributed by atoms with Gasteiger partial charge in [0.05, 0.1) is 40.3 Å². The molecule has 1 saturated heterocycles. The number of aliphatic hydroxyl groups is 1. The Morgan fingerprint density at radius 3 is 2.83 bits per heavy atom. The first-order valence-corrected chi connectivity index (χ1v) is 12.2. The van der Waals surface area contributed by atoms with Gasteiger partial charge in [-0.15, -0.1) is 11.3 Å². The summed E-state index contributed by atoms with van der Waals surface area (Å²) in [6.07, 6.45) is -0.216. The molecule has 4 aromatic rings. The van der Waals surface area contributed by atoms with Gasteiger partial charge in [0.25, 0.3) is 5.91 Å². The second-order valence-corrected chi connectivity index (χ2v) is 9.59. The third-order valence-corrected chi connectivity index (χ3v) is 7.28. The number of benzene rings is 1. The maximum Gasteiger partial charge on any atom is 0.326 e. The van der Waals surface area contributed by atoms with Gasteiger partial charge in [-0.05, 0) is 37.3 Å². The summed E-state index contributed by atoms with van der Waals surface area (Å²) in [5, 5.41) is 12.5. The number of ether oxygens (including phenoxy) is 2. The average molecular weight is 513 g/mol. The molecule has 2 atom stereocenters. The van der Waals surface area contributed by atoms with Crippen molar-refractivity contribution in [2.45, 2.75) is 19.2 Å². The second-order valence-electron chi connectivity index (χ2n) is 8.53. The van der Waals surface area contributed by atoms with Gasteiger partial charge in [0, 0.05) is 37.0 Å². The van der Waals surface area contributed by atoms with Gasteiger partial charge < -0.3 is 24.8 Å². The van der Waals surface area contributed by atoms with E-state index in [1.165, 1.54) is 23.3 Å². The number of aromatic nitrogens is 2. The lowest BCUT2D eigenvalue weighted by molar-refractivity contribution is 0.0596. The fourth-order valence-electron chi connectivity index (χ4n) is 4.41. The Kier molecular flexibility index (Phi) is 6.61. The van der Waals surface area contributed by atoms with Gasteiger partial charge in [-0.1, -0.05) is 0 Å². The molecule has 11 heteroatoms. The van der Waals surface area contributed by atoms with Gasteiger partial charge in [0.1, 0.15) is 23.8 Å². The van der Waals surface area contributed by atoms with Crippen molar-refractivity contribution in [3.63, 3.8) is 0 Å². The van der Waals surface area contributed by atoms with Crippen molar-refractivity contribution in [1.82, 2.24) is 19.8 Å². The minimum Gasteiger partial charge on any atom is -0.456 e. The molecule has 36 heavy (non-hydrogen) atoms. The lowest BCUT2D eigenvalue weighted by atomic mass is 10.2. The first-order chi connectivity index (χ1) is 17.4. The lowest BCUT2D eigenvalue weighted by Gasteiger charge is -2.14. The minimum absolute atomic E-state index is 0.000524. The van der Waals surface area contributed by atoms with Crippen LogP contribution in [0.25, 0.3) is 21.1 Å². The van der Waals surface area contributed by atoms with Crippen LogP contribution in [0.15, 0.2) is 42.6 Å². The second kappa shape index (κ2) is 9.84. The van der Waals surface area contributed by atoms with Crippen LogP contribution in [0.1, 0.15) is 15.4 Å². The van der Waals surface area contributed by atoms with Crippen molar-refractivity contribution < 1.29 is 28.6 Å². The number of nitrogens with zero attached hydrogens (tertiary/aromatic N) is 3. The normalized spacial score (nSPS) is 17.7. The highest BCUT2D eigenvalue weighted by atomic mass is 32.1. The molecule has 1 aliphatic heterocycles. The van der Waals surface area contributed by atoms with Gasteiger partial charge in [-0.3, -0.25) is 14.3 Å². The summed E-state index contributed by atoms with van der Waals surface area (Å²) in [6.45, 7) is 2.07. The summed E-state index contributed by atoms with van der Waals surface area (Å²) in [6, 6.07) is 10.4. The Morgan fingerprint density at radius 2 is 2.08 bits per heavy atom. The maximum absolute atomic E-state index is 14.1. The third-order valence-electron chi connectivity index (χ3n) is 6.15. The molecule has 1 fully saturated rings. The summed E-state index contributed by atoms with van der Waals surface area (Å²) < 4.78 is 27.6. The molecule has 2 amide bonds. The van der Waals surface area contributed by atoms with E-state index in [2.05, 4.69) is 10.3 Å². The van der Waals surface area contributed by atoms with Crippen LogP contribution < -0.4 is 10.1 Å². The molecule has 1 aromatic carbocycles. The summed E-state index contributed by atoms with van der Waals surface area (Å²) in [5.41, 5.74) is 2.08. The quantitative estimate of drug-likeness (QED) is 0.408. The number of carbonyl (C=O) groups excluding carboxylic acids is 2. The maximum atomic E-state index is 14.1. The van der Waals surface area contributed by atoms with Crippen LogP contribution in [0.2, 0.25) is 0 Å². The Bertz CT molecular complexity index is 1450. The predicted molar refractivity (Wildman–Crippen MR) is 134 cm³/mol. The zero-order valence-electron chi connectivity index (χ0n) is 19.7.